The van der Waals surface area contributed by atoms with Crippen LogP contribution in [0.25, 0.3) is 6.08 Å². The van der Waals surface area contributed by atoms with Gasteiger partial charge in [-0.3, -0.25) is 4.79 Å². The Kier molecular flexibility index (Phi) is 7.71. The zero-order valence-corrected chi connectivity index (χ0v) is 19.8. The van der Waals surface area contributed by atoms with Crippen molar-refractivity contribution in [1.29, 1.82) is 5.26 Å². The lowest BCUT2D eigenvalue weighted by atomic mass is 10.1. The topological polar surface area (TPSA) is 105 Å². The maximum atomic E-state index is 12.7. The number of aryl methyl sites for hydroxylation is 2. The first-order valence-corrected chi connectivity index (χ1v) is 11.9. The smallest absolute Gasteiger partial charge is 0.339 e. The van der Waals surface area contributed by atoms with Crippen LogP contribution in [0.3, 0.4) is 0 Å². The van der Waals surface area contributed by atoms with Gasteiger partial charge in [0.1, 0.15) is 16.5 Å². The van der Waals surface area contributed by atoms with E-state index in [2.05, 4.69) is 5.32 Å². The Morgan fingerprint density at radius 3 is 2.18 bits per heavy atom. The number of nitrogens with one attached hydrogen (secondary N) is 1. The molecule has 1 N–H and O–H groups in total. The molecule has 0 atom stereocenters. The summed E-state index contributed by atoms with van der Waals surface area (Å²) in [5, 5.41) is 12.2. The quantitative estimate of drug-likeness (QED) is 0.278. The van der Waals surface area contributed by atoms with Crippen molar-refractivity contribution < 1.29 is 22.1 Å². The number of hydrogen-bond donors (Lipinski definition) is 1. The largest absolute Gasteiger partial charge is 0.490 e. The molecule has 3 rings (SSSR count). The third-order valence-electron chi connectivity index (χ3n) is 4.76. The van der Waals surface area contributed by atoms with Crippen LogP contribution in [0.15, 0.2) is 77.2 Å². The maximum Gasteiger partial charge on any atom is 0.339 e. The van der Waals surface area contributed by atoms with Gasteiger partial charge in [-0.1, -0.05) is 41.5 Å². The summed E-state index contributed by atoms with van der Waals surface area (Å²) in [6, 6.07) is 19.9. The zero-order valence-electron chi connectivity index (χ0n) is 19.0. The number of carbonyl (C=O) groups excluding carboxylic acids is 1. The molecule has 3 aromatic rings. The zero-order chi connectivity index (χ0) is 24.7. The second-order valence-electron chi connectivity index (χ2n) is 7.48. The first kappa shape index (κ1) is 24.6. The number of carbonyl (C=O) groups is 1. The van der Waals surface area contributed by atoms with Crippen LogP contribution in [0.5, 0.6) is 11.5 Å². The molecule has 0 aliphatic heterocycles. The summed E-state index contributed by atoms with van der Waals surface area (Å²) in [7, 11) is -4.07. The van der Waals surface area contributed by atoms with E-state index >= 15 is 0 Å². The van der Waals surface area contributed by atoms with Gasteiger partial charge < -0.3 is 14.2 Å². The molecule has 34 heavy (non-hydrogen) atoms. The van der Waals surface area contributed by atoms with Crippen LogP contribution in [-0.2, 0) is 14.9 Å². The van der Waals surface area contributed by atoms with E-state index in [0.717, 1.165) is 11.1 Å². The molecule has 1 amide bonds. The minimum absolute atomic E-state index is 0.00203. The van der Waals surface area contributed by atoms with Crippen LogP contribution in [0.2, 0.25) is 0 Å². The molecule has 0 heterocycles. The maximum absolute atomic E-state index is 12.7. The number of nitriles is 1. The van der Waals surface area contributed by atoms with Crippen LogP contribution in [0, 0.1) is 25.2 Å². The molecule has 0 radical (unpaired) electrons. The highest BCUT2D eigenvalue weighted by molar-refractivity contribution is 7.87. The fourth-order valence-electron chi connectivity index (χ4n) is 2.97. The minimum Gasteiger partial charge on any atom is -0.490 e. The number of benzene rings is 3. The Balaban J connectivity index is 1.86. The SMILES string of the molecule is CCOc1cc(/C=C(/C#N)C(=O)Nc2ccc(C)cc2)ccc1OS(=O)(=O)c1ccc(C)cc1. The van der Waals surface area contributed by atoms with Gasteiger partial charge in [-0.05, 0) is 68.8 Å². The summed E-state index contributed by atoms with van der Waals surface area (Å²) in [5.74, 6) is -0.392. The van der Waals surface area contributed by atoms with Crippen LogP contribution in [0.1, 0.15) is 23.6 Å². The molecule has 0 aromatic heterocycles. The standard InChI is InChI=1S/C26H24N2O5S/c1-4-32-25-16-20(15-21(17-27)26(29)28-22-10-5-18(2)6-11-22)9-14-24(25)33-34(30,31)23-12-7-19(3)8-13-23/h5-16H,4H2,1-3H3,(H,28,29)/b21-15-. The number of nitrogens with zero attached hydrogens (tertiary/aromatic N) is 1. The Labute approximate surface area is 199 Å². The predicted octanol–water partition coefficient (Wildman–Crippen LogP) is 5.02. The van der Waals surface area contributed by atoms with E-state index in [9.17, 15) is 18.5 Å². The van der Waals surface area contributed by atoms with E-state index in [4.69, 9.17) is 8.92 Å². The second kappa shape index (κ2) is 10.7. The first-order chi connectivity index (χ1) is 16.2. The van der Waals surface area contributed by atoms with E-state index < -0.39 is 16.0 Å². The van der Waals surface area contributed by atoms with Gasteiger partial charge >= 0.3 is 10.1 Å². The van der Waals surface area contributed by atoms with Gasteiger partial charge in [-0.25, -0.2) is 0 Å². The molecular weight excluding hydrogens is 452 g/mol. The third kappa shape index (κ3) is 6.24. The second-order valence-corrected chi connectivity index (χ2v) is 9.03. The number of rotatable bonds is 8. The number of anilines is 1. The minimum atomic E-state index is -4.07. The number of ether oxygens (including phenoxy) is 1. The van der Waals surface area contributed by atoms with Crippen LogP contribution in [-0.4, -0.2) is 20.9 Å². The highest BCUT2D eigenvalue weighted by Crippen LogP contribution is 2.32. The normalized spacial score (nSPS) is 11.4. The van der Waals surface area contributed by atoms with Crippen molar-refractivity contribution in [2.75, 3.05) is 11.9 Å². The average Bonchev–Trinajstić information content (AvgIpc) is 2.81. The van der Waals surface area contributed by atoms with Crippen molar-refractivity contribution in [1.82, 2.24) is 0 Å². The number of hydrogen-bond acceptors (Lipinski definition) is 6. The molecule has 0 saturated heterocycles. The van der Waals surface area contributed by atoms with E-state index in [0.29, 0.717) is 11.3 Å². The number of amides is 1. The highest BCUT2D eigenvalue weighted by Gasteiger charge is 2.20. The molecule has 0 saturated carbocycles. The molecular formula is C26H24N2O5S. The van der Waals surface area contributed by atoms with Crippen molar-refractivity contribution in [3.63, 3.8) is 0 Å². The first-order valence-electron chi connectivity index (χ1n) is 10.5. The van der Waals surface area contributed by atoms with Crippen molar-refractivity contribution in [2.24, 2.45) is 0 Å². The molecule has 0 bridgehead atoms. The van der Waals surface area contributed by atoms with E-state index in [-0.39, 0.29) is 28.6 Å². The third-order valence-corrected chi connectivity index (χ3v) is 6.01. The van der Waals surface area contributed by atoms with Gasteiger partial charge in [-0.2, -0.15) is 13.7 Å². The van der Waals surface area contributed by atoms with Gasteiger partial charge in [-0.15, -0.1) is 0 Å². The summed E-state index contributed by atoms with van der Waals surface area (Å²) < 4.78 is 36.2. The van der Waals surface area contributed by atoms with Gasteiger partial charge in [0, 0.05) is 5.69 Å². The molecule has 7 nitrogen and oxygen atoms in total. The lowest BCUT2D eigenvalue weighted by molar-refractivity contribution is -0.112. The Morgan fingerprint density at radius 1 is 0.971 bits per heavy atom. The summed E-state index contributed by atoms with van der Waals surface area (Å²) in [4.78, 5) is 12.6. The van der Waals surface area contributed by atoms with Gasteiger partial charge in [0.2, 0.25) is 0 Å². The molecule has 0 aliphatic carbocycles. The lowest BCUT2D eigenvalue weighted by Gasteiger charge is -2.13. The predicted molar refractivity (Wildman–Crippen MR) is 130 cm³/mol. The van der Waals surface area contributed by atoms with Crippen molar-refractivity contribution >= 4 is 27.8 Å². The molecule has 0 aliphatic rings. The Hall–Kier alpha value is -4.09. The van der Waals surface area contributed by atoms with E-state index in [1.807, 2.05) is 32.0 Å². The van der Waals surface area contributed by atoms with Crippen molar-refractivity contribution in [2.45, 2.75) is 25.7 Å². The lowest BCUT2D eigenvalue weighted by Crippen LogP contribution is -2.13. The Morgan fingerprint density at radius 2 is 1.59 bits per heavy atom. The highest BCUT2D eigenvalue weighted by atomic mass is 32.2. The van der Waals surface area contributed by atoms with Crippen molar-refractivity contribution in [3.05, 3.63) is 89.0 Å². The van der Waals surface area contributed by atoms with Crippen LogP contribution in [0.4, 0.5) is 5.69 Å². The Bertz CT molecular complexity index is 1350. The average molecular weight is 477 g/mol. The summed E-state index contributed by atoms with van der Waals surface area (Å²) >= 11 is 0. The van der Waals surface area contributed by atoms with Gasteiger partial charge in [0.15, 0.2) is 11.5 Å². The van der Waals surface area contributed by atoms with Gasteiger partial charge in [0.25, 0.3) is 5.91 Å². The molecule has 174 valence electrons. The molecule has 0 fully saturated rings. The van der Waals surface area contributed by atoms with Crippen LogP contribution < -0.4 is 14.2 Å². The molecule has 0 unspecified atom stereocenters. The monoisotopic (exact) mass is 476 g/mol. The fraction of sp³-hybridized carbons (Fsp3) is 0.154. The summed E-state index contributed by atoms with van der Waals surface area (Å²) in [6.07, 6.45) is 1.39. The van der Waals surface area contributed by atoms with Gasteiger partial charge in [0.05, 0.1) is 6.61 Å². The molecule has 8 heteroatoms. The summed E-state index contributed by atoms with van der Waals surface area (Å²) in [5.41, 5.74) is 2.88. The van der Waals surface area contributed by atoms with Crippen LogP contribution >= 0.6 is 0 Å². The molecule has 0 spiro atoms. The van der Waals surface area contributed by atoms with Crippen molar-refractivity contribution in [3.8, 4) is 17.6 Å². The molecule has 3 aromatic carbocycles. The fourth-order valence-corrected chi connectivity index (χ4v) is 3.91. The summed E-state index contributed by atoms with van der Waals surface area (Å²) in [6.45, 7) is 5.79. The van der Waals surface area contributed by atoms with E-state index in [1.165, 1.54) is 30.3 Å². The van der Waals surface area contributed by atoms with E-state index in [1.54, 1.807) is 37.3 Å².